The summed E-state index contributed by atoms with van der Waals surface area (Å²) in [6.07, 6.45) is 1.28. The van der Waals surface area contributed by atoms with Gasteiger partial charge in [0.05, 0.1) is 0 Å². The Morgan fingerprint density at radius 3 is 2.42 bits per heavy atom. The average molecular weight is 348 g/mol. The Bertz CT molecular complexity index is 1030. The Morgan fingerprint density at radius 1 is 0.962 bits per heavy atom. The number of hydrogen-bond donors (Lipinski definition) is 0. The van der Waals surface area contributed by atoms with Crippen LogP contribution in [0, 0.1) is 24.2 Å². The fraction of sp³-hybridized carbons (Fsp3) is 0.500. The first kappa shape index (κ1) is 16.2. The second-order valence-corrected chi connectivity index (χ2v) is 9.40. The molecule has 1 aliphatic heterocycles. The Balaban J connectivity index is 1.74. The van der Waals surface area contributed by atoms with Gasteiger partial charge in [0.1, 0.15) is 11.2 Å². The molecule has 0 spiro atoms. The van der Waals surface area contributed by atoms with Gasteiger partial charge in [-0.25, -0.2) is 0 Å². The molecule has 2 fully saturated rings. The van der Waals surface area contributed by atoms with Gasteiger partial charge in [-0.1, -0.05) is 39.0 Å². The zero-order valence-corrected chi connectivity index (χ0v) is 16.8. The van der Waals surface area contributed by atoms with Crippen molar-refractivity contribution in [2.45, 2.75) is 59.5 Å². The van der Waals surface area contributed by atoms with Gasteiger partial charge in [-0.15, -0.1) is 0 Å². The molecule has 5 rings (SSSR count). The molecule has 1 aliphatic carbocycles. The first-order chi connectivity index (χ1) is 12.3. The van der Waals surface area contributed by atoms with Crippen LogP contribution in [0.1, 0.15) is 46.6 Å². The van der Waals surface area contributed by atoms with E-state index in [4.69, 9.17) is 4.42 Å². The molecule has 5 atom stereocenters. The molecular formula is C24H29NO. The predicted octanol–water partition coefficient (Wildman–Crippen LogP) is 6.54. The largest absolute Gasteiger partial charge is 0.456 e. The Hall–Kier alpha value is -1.96. The number of nitrogens with zero attached hydrogens (tertiary/aromatic N) is 1. The normalized spacial score (nSPS) is 36.5. The van der Waals surface area contributed by atoms with Crippen LogP contribution in [-0.4, -0.2) is 11.6 Å². The van der Waals surface area contributed by atoms with Crippen LogP contribution in [0.15, 0.2) is 40.8 Å². The quantitative estimate of drug-likeness (QED) is 0.496. The van der Waals surface area contributed by atoms with Crippen molar-refractivity contribution in [3.05, 3.63) is 42.0 Å². The summed E-state index contributed by atoms with van der Waals surface area (Å²) in [4.78, 5) is 2.74. The van der Waals surface area contributed by atoms with Gasteiger partial charge in [0, 0.05) is 28.0 Å². The lowest BCUT2D eigenvalue weighted by Crippen LogP contribution is -2.56. The van der Waals surface area contributed by atoms with Crippen molar-refractivity contribution in [3.8, 4) is 0 Å². The van der Waals surface area contributed by atoms with E-state index in [1.54, 1.807) is 0 Å². The van der Waals surface area contributed by atoms with Gasteiger partial charge in [0.25, 0.3) is 0 Å². The average Bonchev–Trinajstić information content (AvgIpc) is 3.12. The lowest BCUT2D eigenvalue weighted by Gasteiger charge is -2.51. The van der Waals surface area contributed by atoms with E-state index >= 15 is 0 Å². The van der Waals surface area contributed by atoms with Gasteiger partial charge in [-0.05, 0) is 68.2 Å². The van der Waals surface area contributed by atoms with E-state index in [0.29, 0.717) is 17.4 Å². The van der Waals surface area contributed by atoms with E-state index in [1.807, 2.05) is 6.07 Å². The van der Waals surface area contributed by atoms with Crippen LogP contribution in [-0.2, 0) is 0 Å². The lowest BCUT2D eigenvalue weighted by atomic mass is 9.71. The number of fused-ring (bicyclic) bond motifs is 5. The number of piperidine rings is 1. The van der Waals surface area contributed by atoms with E-state index in [2.05, 4.69) is 76.8 Å². The molecule has 2 bridgehead atoms. The van der Waals surface area contributed by atoms with Crippen LogP contribution in [0.2, 0.25) is 0 Å². The molecule has 2 heteroatoms. The second-order valence-electron chi connectivity index (χ2n) is 9.40. The molecule has 0 amide bonds. The molecule has 2 aliphatic rings. The van der Waals surface area contributed by atoms with E-state index in [-0.39, 0.29) is 5.54 Å². The van der Waals surface area contributed by atoms with E-state index < -0.39 is 0 Å². The lowest BCUT2D eigenvalue weighted by molar-refractivity contribution is 0.148. The highest BCUT2D eigenvalue weighted by Crippen LogP contribution is 2.64. The molecule has 136 valence electrons. The van der Waals surface area contributed by atoms with E-state index in [9.17, 15) is 0 Å². The van der Waals surface area contributed by atoms with Gasteiger partial charge in [0.2, 0.25) is 0 Å². The van der Waals surface area contributed by atoms with Gasteiger partial charge in [-0.3, -0.25) is 0 Å². The van der Waals surface area contributed by atoms with Crippen LogP contribution >= 0.6 is 0 Å². The molecule has 5 unspecified atom stereocenters. The molecule has 2 aromatic carbocycles. The smallest absolute Gasteiger partial charge is 0.135 e. The maximum atomic E-state index is 6.10. The molecule has 0 radical (unpaired) electrons. The maximum absolute atomic E-state index is 6.10. The molecule has 1 saturated heterocycles. The zero-order chi connectivity index (χ0) is 18.4. The first-order valence-corrected chi connectivity index (χ1v) is 9.98. The number of rotatable bonds is 1. The highest BCUT2D eigenvalue weighted by molar-refractivity contribution is 6.06. The fourth-order valence-electron chi connectivity index (χ4n) is 6.38. The van der Waals surface area contributed by atoms with Crippen LogP contribution < -0.4 is 4.90 Å². The number of hydrogen-bond acceptors (Lipinski definition) is 2. The summed E-state index contributed by atoms with van der Waals surface area (Å²) in [6.45, 7) is 14.6. The highest BCUT2D eigenvalue weighted by Gasteiger charge is 2.65. The standard InChI is InChI=1S/C24H29NO/c1-14-11-22-19(18-9-7-8-10-21(18)26-22)12-20(14)25-17(4)23(5)13-24(25,6)16(3)15(23)2/h7-12,15-17H,13H2,1-6H3. The topological polar surface area (TPSA) is 16.4 Å². The third kappa shape index (κ3) is 1.73. The molecule has 0 N–H and O–H groups in total. The molecule has 2 heterocycles. The number of benzene rings is 2. The summed E-state index contributed by atoms with van der Waals surface area (Å²) >= 11 is 0. The van der Waals surface area contributed by atoms with Crippen LogP contribution in [0.3, 0.4) is 0 Å². The summed E-state index contributed by atoms with van der Waals surface area (Å²) in [7, 11) is 0. The van der Waals surface area contributed by atoms with Gasteiger partial charge in [-0.2, -0.15) is 0 Å². The SMILES string of the molecule is Cc1cc2oc3ccccc3c2cc1N1C(C)C2(C)CC1(C)C(C)C2C. The summed E-state index contributed by atoms with van der Waals surface area (Å²) in [5.74, 6) is 1.46. The summed E-state index contributed by atoms with van der Waals surface area (Å²) < 4.78 is 6.10. The van der Waals surface area contributed by atoms with E-state index in [0.717, 1.165) is 17.1 Å². The van der Waals surface area contributed by atoms with Crippen molar-refractivity contribution in [3.63, 3.8) is 0 Å². The number of para-hydroxylation sites is 1. The van der Waals surface area contributed by atoms with Gasteiger partial charge >= 0.3 is 0 Å². The molecule has 26 heavy (non-hydrogen) atoms. The highest BCUT2D eigenvalue weighted by atomic mass is 16.3. The zero-order valence-electron chi connectivity index (χ0n) is 16.8. The number of anilines is 1. The van der Waals surface area contributed by atoms with Gasteiger partial charge < -0.3 is 9.32 Å². The Morgan fingerprint density at radius 2 is 1.69 bits per heavy atom. The number of aryl methyl sites for hydroxylation is 1. The molecular weight excluding hydrogens is 318 g/mol. The summed E-state index contributed by atoms with van der Waals surface area (Å²) in [5.41, 5.74) is 5.30. The third-order valence-electron chi connectivity index (χ3n) is 8.36. The molecule has 1 aromatic heterocycles. The maximum Gasteiger partial charge on any atom is 0.135 e. The van der Waals surface area contributed by atoms with Crippen molar-refractivity contribution >= 4 is 27.6 Å². The number of furan rings is 1. The second kappa shape index (κ2) is 4.85. The van der Waals surface area contributed by atoms with Crippen molar-refractivity contribution < 1.29 is 4.42 Å². The summed E-state index contributed by atoms with van der Waals surface area (Å²) in [5, 5.41) is 2.46. The fourth-order valence-corrected chi connectivity index (χ4v) is 6.38. The van der Waals surface area contributed by atoms with Gasteiger partial charge in [0.15, 0.2) is 0 Å². The minimum absolute atomic E-state index is 0.228. The predicted molar refractivity (Wildman–Crippen MR) is 110 cm³/mol. The Labute approximate surface area is 156 Å². The molecule has 3 aromatic rings. The van der Waals surface area contributed by atoms with Crippen molar-refractivity contribution in [1.29, 1.82) is 0 Å². The van der Waals surface area contributed by atoms with Crippen molar-refractivity contribution in [2.75, 3.05) is 4.90 Å². The molecule has 1 saturated carbocycles. The first-order valence-electron chi connectivity index (χ1n) is 9.98. The van der Waals surface area contributed by atoms with Crippen LogP contribution in [0.25, 0.3) is 21.9 Å². The van der Waals surface area contributed by atoms with Crippen molar-refractivity contribution in [1.82, 2.24) is 0 Å². The van der Waals surface area contributed by atoms with Crippen molar-refractivity contribution in [2.24, 2.45) is 17.3 Å². The third-order valence-corrected chi connectivity index (χ3v) is 8.36. The minimum Gasteiger partial charge on any atom is -0.456 e. The molecule has 2 nitrogen and oxygen atoms in total. The van der Waals surface area contributed by atoms with Crippen LogP contribution in [0.4, 0.5) is 5.69 Å². The minimum atomic E-state index is 0.228. The van der Waals surface area contributed by atoms with Crippen LogP contribution in [0.5, 0.6) is 0 Å². The Kier molecular flexibility index (Phi) is 3.03. The summed E-state index contributed by atoms with van der Waals surface area (Å²) in [6, 6.07) is 13.6. The monoisotopic (exact) mass is 347 g/mol. The van der Waals surface area contributed by atoms with E-state index in [1.165, 1.54) is 28.4 Å².